The van der Waals surface area contributed by atoms with Crippen LogP contribution >= 0.6 is 0 Å². The lowest BCUT2D eigenvalue weighted by molar-refractivity contribution is -0.124. The minimum absolute atomic E-state index is 0.00328. The first-order valence-electron chi connectivity index (χ1n) is 9.47. The van der Waals surface area contributed by atoms with Crippen molar-refractivity contribution in [1.29, 1.82) is 0 Å². The second-order valence-corrected chi connectivity index (χ2v) is 7.22. The summed E-state index contributed by atoms with van der Waals surface area (Å²) in [6, 6.07) is 12.5. The molecule has 2 atom stereocenters. The molecular weight excluding hydrogens is 361 g/mol. The van der Waals surface area contributed by atoms with Crippen molar-refractivity contribution in [2.75, 3.05) is 18.4 Å². The van der Waals surface area contributed by atoms with Gasteiger partial charge in [0.1, 0.15) is 11.6 Å². The van der Waals surface area contributed by atoms with Crippen molar-refractivity contribution in [3.63, 3.8) is 0 Å². The maximum atomic E-state index is 13.1. The molecule has 2 bridgehead atoms. The van der Waals surface area contributed by atoms with E-state index in [1.54, 1.807) is 29.2 Å². The van der Waals surface area contributed by atoms with E-state index in [0.29, 0.717) is 30.3 Å². The Hall–Kier alpha value is -3.09. The number of halogens is 1. The summed E-state index contributed by atoms with van der Waals surface area (Å²) in [5, 5.41) is 5.91. The van der Waals surface area contributed by atoms with Gasteiger partial charge in [-0.15, -0.1) is 0 Å². The Labute approximate surface area is 162 Å². The summed E-state index contributed by atoms with van der Waals surface area (Å²) in [4.78, 5) is 26.8. The van der Waals surface area contributed by atoms with Crippen LogP contribution in [-0.2, 0) is 4.79 Å². The van der Waals surface area contributed by atoms with Gasteiger partial charge < -0.3 is 20.3 Å². The van der Waals surface area contributed by atoms with E-state index in [0.717, 1.165) is 19.3 Å². The second kappa shape index (κ2) is 7.88. The molecule has 3 amide bonds. The minimum atomic E-state index is -0.344. The van der Waals surface area contributed by atoms with Crippen LogP contribution in [0.2, 0.25) is 0 Å². The molecule has 0 saturated carbocycles. The Kier molecular flexibility index (Phi) is 5.14. The predicted molar refractivity (Wildman–Crippen MR) is 103 cm³/mol. The van der Waals surface area contributed by atoms with Crippen molar-refractivity contribution in [3.05, 3.63) is 54.3 Å². The zero-order valence-corrected chi connectivity index (χ0v) is 15.4. The molecule has 2 saturated heterocycles. The van der Waals surface area contributed by atoms with Gasteiger partial charge >= 0.3 is 6.03 Å². The van der Waals surface area contributed by atoms with Gasteiger partial charge in [0.05, 0.1) is 11.6 Å². The van der Waals surface area contributed by atoms with Gasteiger partial charge in [-0.05, 0) is 49.2 Å². The number of rotatable bonds is 3. The molecule has 0 spiro atoms. The van der Waals surface area contributed by atoms with E-state index in [1.165, 1.54) is 24.3 Å². The number of carbonyl (C=O) groups excluding carboxylic acids is 2. The van der Waals surface area contributed by atoms with E-state index in [2.05, 4.69) is 10.6 Å². The number of hydrogen-bond acceptors (Lipinski definition) is 3. The molecule has 2 aromatic carbocycles. The molecule has 0 aromatic heterocycles. The summed E-state index contributed by atoms with van der Waals surface area (Å²) < 4.78 is 18.9. The van der Waals surface area contributed by atoms with Crippen LogP contribution in [-0.4, -0.2) is 36.0 Å². The van der Waals surface area contributed by atoms with Crippen LogP contribution in [0.4, 0.5) is 14.9 Å². The molecular formula is C21H22FN3O3. The number of nitrogens with one attached hydrogen (secondary N) is 2. The van der Waals surface area contributed by atoms with Crippen molar-refractivity contribution >= 4 is 17.6 Å². The van der Waals surface area contributed by atoms with Crippen molar-refractivity contribution in [1.82, 2.24) is 10.2 Å². The number of anilines is 1. The smallest absolute Gasteiger partial charge is 0.322 e. The van der Waals surface area contributed by atoms with Crippen LogP contribution < -0.4 is 15.4 Å². The average molecular weight is 383 g/mol. The number of amides is 3. The third-order valence-corrected chi connectivity index (χ3v) is 5.16. The average Bonchev–Trinajstić information content (AvgIpc) is 2.93. The lowest BCUT2D eigenvalue weighted by Gasteiger charge is -2.28. The van der Waals surface area contributed by atoms with E-state index in [-0.39, 0.29) is 29.7 Å². The van der Waals surface area contributed by atoms with Crippen LogP contribution in [0.15, 0.2) is 48.5 Å². The highest BCUT2D eigenvalue weighted by atomic mass is 19.1. The summed E-state index contributed by atoms with van der Waals surface area (Å²) in [7, 11) is 0. The number of para-hydroxylation sites is 2. The molecule has 4 rings (SSSR count). The molecule has 7 heteroatoms. The maximum absolute atomic E-state index is 13.1. The highest BCUT2D eigenvalue weighted by Crippen LogP contribution is 2.30. The van der Waals surface area contributed by atoms with E-state index >= 15 is 0 Å². The minimum Gasteiger partial charge on any atom is -0.455 e. The third-order valence-electron chi connectivity index (χ3n) is 5.16. The molecule has 2 N–H and O–H groups in total. The summed E-state index contributed by atoms with van der Waals surface area (Å²) >= 11 is 0. The Morgan fingerprint density at radius 1 is 1.11 bits per heavy atom. The molecule has 2 heterocycles. The van der Waals surface area contributed by atoms with E-state index < -0.39 is 0 Å². The molecule has 0 unspecified atom stereocenters. The van der Waals surface area contributed by atoms with Gasteiger partial charge in [-0.1, -0.05) is 18.6 Å². The van der Waals surface area contributed by atoms with Gasteiger partial charge in [0, 0.05) is 19.1 Å². The number of nitrogens with zero attached hydrogens (tertiary/aromatic N) is 1. The summed E-state index contributed by atoms with van der Waals surface area (Å²) in [5.74, 6) is 0.472. The molecule has 6 nitrogen and oxygen atoms in total. The molecule has 2 aliphatic heterocycles. The summed E-state index contributed by atoms with van der Waals surface area (Å²) in [6.45, 7) is 0.907. The molecule has 0 radical (unpaired) electrons. The van der Waals surface area contributed by atoms with Crippen molar-refractivity contribution in [2.45, 2.75) is 25.3 Å². The van der Waals surface area contributed by atoms with Gasteiger partial charge in [-0.25, -0.2) is 9.18 Å². The zero-order valence-electron chi connectivity index (χ0n) is 15.4. The number of hydrogen-bond donors (Lipinski definition) is 2. The van der Waals surface area contributed by atoms with Gasteiger partial charge in [0.2, 0.25) is 5.91 Å². The first-order chi connectivity index (χ1) is 13.6. The Balaban J connectivity index is 1.49. The topological polar surface area (TPSA) is 70.7 Å². The molecule has 28 heavy (non-hydrogen) atoms. The normalized spacial score (nSPS) is 21.5. The Bertz CT molecular complexity index is 871. The van der Waals surface area contributed by atoms with Crippen molar-refractivity contribution in [3.8, 4) is 11.5 Å². The van der Waals surface area contributed by atoms with Crippen LogP contribution in [0.3, 0.4) is 0 Å². The fourth-order valence-electron chi connectivity index (χ4n) is 3.70. The Morgan fingerprint density at radius 3 is 2.71 bits per heavy atom. The van der Waals surface area contributed by atoms with Gasteiger partial charge in [-0.3, -0.25) is 4.79 Å². The number of likely N-dealkylation sites (tertiary alicyclic amines) is 1. The van der Waals surface area contributed by atoms with E-state index in [9.17, 15) is 14.0 Å². The van der Waals surface area contributed by atoms with Gasteiger partial charge in [0.15, 0.2) is 5.75 Å². The monoisotopic (exact) mass is 383 g/mol. The second-order valence-electron chi connectivity index (χ2n) is 7.22. The van der Waals surface area contributed by atoms with Gasteiger partial charge in [-0.2, -0.15) is 0 Å². The SMILES string of the molecule is O=C1N[C@@H]2CCC[C@H]1CN(C(=O)Nc1ccccc1Oc1ccc(F)cc1)C2. The molecule has 2 aromatic rings. The standard InChI is InChI=1S/C21H22FN3O3/c22-15-8-10-17(11-9-15)28-19-7-2-1-6-18(19)24-21(27)25-12-14-4-3-5-16(13-25)23-20(14)26/h1-2,6-11,14,16H,3-5,12-13H2,(H,23,26)(H,24,27)/t14-,16+/m0/s1. The zero-order chi connectivity index (χ0) is 19.5. The largest absolute Gasteiger partial charge is 0.455 e. The summed E-state index contributed by atoms with van der Waals surface area (Å²) in [5.41, 5.74) is 0.519. The molecule has 2 aliphatic rings. The molecule has 2 fully saturated rings. The van der Waals surface area contributed by atoms with Crippen molar-refractivity contribution in [2.24, 2.45) is 5.92 Å². The fourth-order valence-corrected chi connectivity index (χ4v) is 3.70. The van der Waals surface area contributed by atoms with Crippen LogP contribution in [0.25, 0.3) is 0 Å². The van der Waals surface area contributed by atoms with Crippen LogP contribution in [0, 0.1) is 11.7 Å². The first kappa shape index (κ1) is 18.3. The highest BCUT2D eigenvalue weighted by molar-refractivity contribution is 5.92. The molecule has 0 aliphatic carbocycles. The number of fused-ring (bicyclic) bond motifs is 3. The predicted octanol–water partition coefficient (Wildman–Crippen LogP) is 3.75. The van der Waals surface area contributed by atoms with Crippen LogP contribution in [0.1, 0.15) is 19.3 Å². The lowest BCUT2D eigenvalue weighted by Crippen LogP contribution is -2.43. The number of benzene rings is 2. The number of carbonyl (C=O) groups is 2. The van der Waals surface area contributed by atoms with Gasteiger partial charge in [0.25, 0.3) is 0 Å². The van der Waals surface area contributed by atoms with E-state index in [4.69, 9.17) is 4.74 Å². The maximum Gasteiger partial charge on any atom is 0.322 e. The lowest BCUT2D eigenvalue weighted by atomic mass is 9.99. The molecule has 146 valence electrons. The highest BCUT2D eigenvalue weighted by Gasteiger charge is 2.34. The summed E-state index contributed by atoms with van der Waals surface area (Å²) in [6.07, 6.45) is 2.69. The fraction of sp³-hybridized carbons (Fsp3) is 0.333. The quantitative estimate of drug-likeness (QED) is 0.848. The first-order valence-corrected chi connectivity index (χ1v) is 9.47. The number of ether oxygens (including phenoxy) is 1. The number of urea groups is 1. The van der Waals surface area contributed by atoms with Crippen LogP contribution in [0.5, 0.6) is 11.5 Å². The third kappa shape index (κ3) is 4.08. The Morgan fingerprint density at radius 2 is 1.89 bits per heavy atom. The van der Waals surface area contributed by atoms with Crippen molar-refractivity contribution < 1.29 is 18.7 Å². The van der Waals surface area contributed by atoms with E-state index in [1.807, 2.05) is 0 Å².